The quantitative estimate of drug-likeness (QED) is 0.855. The van der Waals surface area contributed by atoms with E-state index in [4.69, 9.17) is 4.74 Å². The minimum atomic E-state index is -0.197. The Labute approximate surface area is 134 Å². The predicted octanol–water partition coefficient (Wildman–Crippen LogP) is 3.41. The number of carbonyl (C=O) groups excluding carboxylic acids is 1. The average Bonchev–Trinajstić information content (AvgIpc) is 2.99. The second kappa shape index (κ2) is 7.38. The largest absolute Gasteiger partial charge is 0.494 e. The van der Waals surface area contributed by atoms with Gasteiger partial charge in [0.1, 0.15) is 10.6 Å². The third-order valence-electron chi connectivity index (χ3n) is 3.03. The molecule has 1 heterocycles. The molecule has 0 spiro atoms. The fourth-order valence-corrected chi connectivity index (χ4v) is 2.74. The van der Waals surface area contributed by atoms with Crippen LogP contribution in [0.4, 0.5) is 5.69 Å². The van der Waals surface area contributed by atoms with E-state index in [0.717, 1.165) is 5.01 Å². The number of rotatable bonds is 6. The highest BCUT2D eigenvalue weighted by atomic mass is 32.1. The van der Waals surface area contributed by atoms with Gasteiger partial charge in [0.05, 0.1) is 24.4 Å². The number of aromatic nitrogens is 1. The summed E-state index contributed by atoms with van der Waals surface area (Å²) >= 11 is 1.39. The molecule has 22 heavy (non-hydrogen) atoms. The Morgan fingerprint density at radius 3 is 2.82 bits per heavy atom. The molecular formula is C16H20N2O3S. The number of thiazole rings is 1. The molecule has 6 heteroatoms. The lowest BCUT2D eigenvalue weighted by Gasteiger charge is -2.11. The second-order valence-electron chi connectivity index (χ2n) is 5.09. The Bertz CT molecular complexity index is 653. The molecule has 1 aromatic carbocycles. The zero-order valence-electron chi connectivity index (χ0n) is 12.9. The van der Waals surface area contributed by atoms with Crippen LogP contribution in [0.5, 0.6) is 5.75 Å². The molecule has 2 aromatic rings. The van der Waals surface area contributed by atoms with E-state index < -0.39 is 0 Å². The van der Waals surface area contributed by atoms with Crippen molar-refractivity contribution >= 4 is 22.9 Å². The molecule has 0 unspecified atom stereocenters. The number of amides is 1. The summed E-state index contributed by atoms with van der Waals surface area (Å²) in [5.74, 6) is 0.735. The average molecular weight is 320 g/mol. The number of nitrogens with zero attached hydrogens (tertiary/aromatic N) is 1. The molecule has 0 aliphatic heterocycles. The van der Waals surface area contributed by atoms with E-state index in [1.54, 1.807) is 24.4 Å². The normalized spacial score (nSPS) is 10.8. The lowest BCUT2D eigenvalue weighted by molar-refractivity contribution is 0.103. The van der Waals surface area contributed by atoms with Crippen LogP contribution < -0.4 is 10.1 Å². The molecule has 2 N–H and O–H groups in total. The third-order valence-corrected chi connectivity index (χ3v) is 4.33. The fourth-order valence-electron chi connectivity index (χ4n) is 1.93. The Balaban J connectivity index is 2.13. The van der Waals surface area contributed by atoms with E-state index in [-0.39, 0.29) is 12.5 Å². The number of aliphatic hydroxyl groups is 1. The van der Waals surface area contributed by atoms with E-state index in [1.807, 2.05) is 20.8 Å². The zero-order valence-corrected chi connectivity index (χ0v) is 13.7. The van der Waals surface area contributed by atoms with Gasteiger partial charge in [-0.1, -0.05) is 13.8 Å². The van der Waals surface area contributed by atoms with Crippen LogP contribution in [-0.4, -0.2) is 22.6 Å². The van der Waals surface area contributed by atoms with Gasteiger partial charge in [0.25, 0.3) is 5.91 Å². The summed E-state index contributed by atoms with van der Waals surface area (Å²) in [5, 5.41) is 13.1. The van der Waals surface area contributed by atoms with E-state index in [9.17, 15) is 9.90 Å². The fraction of sp³-hybridized carbons (Fsp3) is 0.375. The molecule has 0 radical (unpaired) electrons. The monoisotopic (exact) mass is 320 g/mol. The minimum absolute atomic E-state index is 0.142. The maximum Gasteiger partial charge on any atom is 0.267 e. The predicted molar refractivity (Wildman–Crippen MR) is 87.7 cm³/mol. The number of anilines is 1. The lowest BCUT2D eigenvalue weighted by atomic mass is 10.2. The number of nitrogens with one attached hydrogen (secondary N) is 1. The van der Waals surface area contributed by atoms with Gasteiger partial charge in [-0.15, -0.1) is 11.3 Å². The van der Waals surface area contributed by atoms with Gasteiger partial charge in [0, 0.05) is 17.2 Å². The van der Waals surface area contributed by atoms with E-state index in [2.05, 4.69) is 10.3 Å². The number of carbonyl (C=O) groups is 1. The summed E-state index contributed by atoms with van der Waals surface area (Å²) in [6.45, 7) is 6.35. The zero-order chi connectivity index (χ0) is 16.1. The van der Waals surface area contributed by atoms with Crippen LogP contribution in [0.3, 0.4) is 0 Å². The van der Waals surface area contributed by atoms with Gasteiger partial charge >= 0.3 is 0 Å². The first-order chi connectivity index (χ1) is 10.5. The van der Waals surface area contributed by atoms with Gasteiger partial charge in [0.2, 0.25) is 0 Å². The van der Waals surface area contributed by atoms with Crippen LogP contribution in [0.1, 0.15) is 46.9 Å². The minimum Gasteiger partial charge on any atom is -0.494 e. The van der Waals surface area contributed by atoms with Gasteiger partial charge in [-0.25, -0.2) is 4.98 Å². The van der Waals surface area contributed by atoms with Gasteiger partial charge in [0.15, 0.2) is 0 Å². The van der Waals surface area contributed by atoms with Crippen molar-refractivity contribution < 1.29 is 14.6 Å². The third kappa shape index (κ3) is 3.84. The first-order valence-electron chi connectivity index (χ1n) is 7.18. The van der Waals surface area contributed by atoms with Crippen molar-refractivity contribution in [2.45, 2.75) is 33.3 Å². The SMILES string of the molecule is CCOc1ccc(NC(=O)c2cnc(C(C)C)s2)cc1CO. The van der Waals surface area contributed by atoms with Crippen LogP contribution >= 0.6 is 11.3 Å². The standard InChI is InChI=1S/C16H20N2O3S/c1-4-21-13-6-5-12(7-11(13)9-19)18-15(20)14-8-17-16(22-14)10(2)3/h5-8,10,19H,4,9H2,1-3H3,(H,18,20). The smallest absolute Gasteiger partial charge is 0.267 e. The van der Waals surface area contributed by atoms with E-state index in [0.29, 0.717) is 34.4 Å². The lowest BCUT2D eigenvalue weighted by Crippen LogP contribution is -2.10. The maximum absolute atomic E-state index is 12.2. The first-order valence-corrected chi connectivity index (χ1v) is 8.00. The summed E-state index contributed by atoms with van der Waals surface area (Å²) in [5.41, 5.74) is 1.27. The van der Waals surface area contributed by atoms with Crippen molar-refractivity contribution in [3.8, 4) is 5.75 Å². The molecule has 0 bridgehead atoms. The highest BCUT2D eigenvalue weighted by molar-refractivity contribution is 7.13. The van der Waals surface area contributed by atoms with Crippen molar-refractivity contribution in [3.63, 3.8) is 0 Å². The maximum atomic E-state index is 12.2. The van der Waals surface area contributed by atoms with Crippen LogP contribution in [0.25, 0.3) is 0 Å². The molecule has 0 saturated carbocycles. The molecule has 0 aliphatic carbocycles. The molecule has 5 nitrogen and oxygen atoms in total. The van der Waals surface area contributed by atoms with Crippen LogP contribution in [0, 0.1) is 0 Å². The van der Waals surface area contributed by atoms with E-state index in [1.165, 1.54) is 11.3 Å². The second-order valence-corrected chi connectivity index (χ2v) is 6.15. The highest BCUT2D eigenvalue weighted by Crippen LogP contribution is 2.25. The summed E-state index contributed by atoms with van der Waals surface area (Å²) < 4.78 is 5.42. The Morgan fingerprint density at radius 2 is 2.23 bits per heavy atom. The molecular weight excluding hydrogens is 300 g/mol. The number of benzene rings is 1. The summed E-state index contributed by atoms with van der Waals surface area (Å²) in [4.78, 5) is 17.0. The highest BCUT2D eigenvalue weighted by Gasteiger charge is 2.13. The molecule has 1 amide bonds. The van der Waals surface area contributed by atoms with Crippen LogP contribution in [0.15, 0.2) is 24.4 Å². The van der Waals surface area contributed by atoms with Crippen molar-refractivity contribution in [1.82, 2.24) is 4.98 Å². The molecule has 1 aromatic heterocycles. The molecule has 0 fully saturated rings. The number of aliphatic hydroxyl groups excluding tert-OH is 1. The van der Waals surface area contributed by atoms with Gasteiger partial charge in [-0.05, 0) is 25.1 Å². The number of ether oxygens (including phenoxy) is 1. The summed E-state index contributed by atoms with van der Waals surface area (Å²) in [7, 11) is 0. The number of hydrogen-bond acceptors (Lipinski definition) is 5. The summed E-state index contributed by atoms with van der Waals surface area (Å²) in [6, 6.07) is 5.22. The van der Waals surface area contributed by atoms with Crippen molar-refractivity contribution in [3.05, 3.63) is 39.8 Å². The van der Waals surface area contributed by atoms with Crippen LogP contribution in [0.2, 0.25) is 0 Å². The Kier molecular flexibility index (Phi) is 5.51. The molecule has 0 aliphatic rings. The van der Waals surface area contributed by atoms with Crippen molar-refractivity contribution in [1.29, 1.82) is 0 Å². The first kappa shape index (κ1) is 16.5. The molecule has 118 valence electrons. The van der Waals surface area contributed by atoms with Gasteiger partial charge in [-0.2, -0.15) is 0 Å². The molecule has 0 saturated heterocycles. The van der Waals surface area contributed by atoms with Gasteiger partial charge < -0.3 is 15.2 Å². The van der Waals surface area contributed by atoms with Crippen LogP contribution in [-0.2, 0) is 6.61 Å². The topological polar surface area (TPSA) is 71.5 Å². The Morgan fingerprint density at radius 1 is 1.45 bits per heavy atom. The van der Waals surface area contributed by atoms with E-state index >= 15 is 0 Å². The van der Waals surface area contributed by atoms with Gasteiger partial charge in [-0.3, -0.25) is 4.79 Å². The summed E-state index contributed by atoms with van der Waals surface area (Å²) in [6.07, 6.45) is 1.59. The van der Waals surface area contributed by atoms with Crippen molar-refractivity contribution in [2.24, 2.45) is 0 Å². The molecule has 2 rings (SSSR count). The molecule has 0 atom stereocenters. The number of hydrogen-bond donors (Lipinski definition) is 2. The van der Waals surface area contributed by atoms with Crippen molar-refractivity contribution in [2.75, 3.05) is 11.9 Å². The Hall–Kier alpha value is -1.92.